The number of nitrogens with zero attached hydrogens (tertiary/aromatic N) is 2. The molecule has 1 amide bonds. The minimum absolute atomic E-state index is 0.132. The van der Waals surface area contributed by atoms with Gasteiger partial charge in [-0.1, -0.05) is 30.3 Å². The number of hydrogen-bond acceptors (Lipinski definition) is 5. The lowest BCUT2D eigenvalue weighted by molar-refractivity contribution is -0.116. The minimum Gasteiger partial charge on any atom is -0.454 e. The number of benzene rings is 2. The van der Waals surface area contributed by atoms with E-state index in [1.807, 2.05) is 30.3 Å². The third kappa shape index (κ3) is 3.66. The molecule has 1 aliphatic rings. The van der Waals surface area contributed by atoms with Gasteiger partial charge in [-0.25, -0.2) is 4.79 Å². The van der Waals surface area contributed by atoms with Crippen molar-refractivity contribution in [2.24, 2.45) is 0 Å². The SMILES string of the molecule is O=C(Cn1c(=O)ccn(Cc2ccccc2)c1=O)Nc1ccc2c(c1)OCO2. The van der Waals surface area contributed by atoms with Gasteiger partial charge in [0.05, 0.1) is 6.54 Å². The summed E-state index contributed by atoms with van der Waals surface area (Å²) in [6.07, 6.45) is 1.43. The molecule has 0 spiro atoms. The molecule has 8 nitrogen and oxygen atoms in total. The van der Waals surface area contributed by atoms with Crippen LogP contribution in [0.4, 0.5) is 5.69 Å². The van der Waals surface area contributed by atoms with Crippen LogP contribution in [0, 0.1) is 0 Å². The average molecular weight is 379 g/mol. The van der Waals surface area contributed by atoms with E-state index >= 15 is 0 Å². The average Bonchev–Trinajstić information content (AvgIpc) is 3.16. The van der Waals surface area contributed by atoms with Crippen LogP contribution in [0.2, 0.25) is 0 Å². The Labute approximate surface area is 159 Å². The lowest BCUT2D eigenvalue weighted by Crippen LogP contribution is -2.41. The highest BCUT2D eigenvalue weighted by Gasteiger charge is 2.15. The topological polar surface area (TPSA) is 91.6 Å². The van der Waals surface area contributed by atoms with Gasteiger partial charge in [-0.15, -0.1) is 0 Å². The second-order valence-electron chi connectivity index (χ2n) is 6.25. The molecule has 142 valence electrons. The summed E-state index contributed by atoms with van der Waals surface area (Å²) in [6, 6.07) is 15.6. The Balaban J connectivity index is 1.52. The standard InChI is InChI=1S/C20H17N3O5/c24-18(21-15-6-7-16-17(10-15)28-13-27-16)12-23-19(25)8-9-22(20(23)26)11-14-4-2-1-3-5-14/h1-10H,11-13H2,(H,21,24). The molecule has 2 heterocycles. The number of rotatable bonds is 5. The molecule has 0 fully saturated rings. The number of carbonyl (C=O) groups is 1. The molecule has 8 heteroatoms. The van der Waals surface area contributed by atoms with Crippen LogP contribution in [0.3, 0.4) is 0 Å². The molecule has 1 aliphatic heterocycles. The second kappa shape index (κ2) is 7.43. The van der Waals surface area contributed by atoms with Crippen molar-refractivity contribution in [1.82, 2.24) is 9.13 Å². The Morgan fingerprint density at radius 3 is 2.61 bits per heavy atom. The van der Waals surface area contributed by atoms with E-state index in [0.29, 0.717) is 23.7 Å². The predicted molar refractivity (Wildman–Crippen MR) is 102 cm³/mol. The Bertz CT molecular complexity index is 1130. The zero-order valence-corrected chi connectivity index (χ0v) is 14.8. The molecule has 2 aromatic carbocycles. The quantitative estimate of drug-likeness (QED) is 0.724. The molecule has 1 aromatic heterocycles. The Kier molecular flexibility index (Phi) is 4.67. The number of nitrogens with one attached hydrogen (secondary N) is 1. The van der Waals surface area contributed by atoms with Crippen molar-refractivity contribution in [3.63, 3.8) is 0 Å². The third-order valence-corrected chi connectivity index (χ3v) is 4.29. The molecular formula is C20H17N3O5. The van der Waals surface area contributed by atoms with E-state index in [1.54, 1.807) is 18.2 Å². The van der Waals surface area contributed by atoms with Crippen molar-refractivity contribution in [1.29, 1.82) is 0 Å². The number of ether oxygens (including phenoxy) is 2. The third-order valence-electron chi connectivity index (χ3n) is 4.29. The Morgan fingerprint density at radius 2 is 1.79 bits per heavy atom. The van der Waals surface area contributed by atoms with E-state index in [2.05, 4.69) is 5.32 Å². The lowest BCUT2D eigenvalue weighted by Gasteiger charge is -2.11. The molecule has 1 N–H and O–H groups in total. The molecule has 3 aromatic rings. The van der Waals surface area contributed by atoms with E-state index in [1.165, 1.54) is 16.8 Å². The van der Waals surface area contributed by atoms with Crippen molar-refractivity contribution in [2.75, 3.05) is 12.1 Å². The number of aromatic nitrogens is 2. The summed E-state index contributed by atoms with van der Waals surface area (Å²) in [6.45, 7) is 0.0541. The van der Waals surface area contributed by atoms with Gasteiger partial charge < -0.3 is 14.8 Å². The fourth-order valence-corrected chi connectivity index (χ4v) is 2.92. The normalized spacial score (nSPS) is 12.0. The van der Waals surface area contributed by atoms with Crippen LogP contribution in [-0.4, -0.2) is 21.8 Å². The van der Waals surface area contributed by atoms with Crippen molar-refractivity contribution in [2.45, 2.75) is 13.1 Å². The highest BCUT2D eigenvalue weighted by Crippen LogP contribution is 2.34. The van der Waals surface area contributed by atoms with Crippen molar-refractivity contribution in [3.05, 3.63) is 87.2 Å². The zero-order chi connectivity index (χ0) is 19.5. The highest BCUT2D eigenvalue weighted by molar-refractivity contribution is 5.90. The van der Waals surface area contributed by atoms with Crippen LogP contribution in [0.5, 0.6) is 11.5 Å². The molecule has 28 heavy (non-hydrogen) atoms. The molecule has 0 bridgehead atoms. The summed E-state index contributed by atoms with van der Waals surface area (Å²) < 4.78 is 12.8. The van der Waals surface area contributed by atoms with Crippen LogP contribution in [0.25, 0.3) is 0 Å². The fraction of sp³-hybridized carbons (Fsp3) is 0.150. The molecule has 0 unspecified atom stereocenters. The van der Waals surface area contributed by atoms with Crippen LogP contribution >= 0.6 is 0 Å². The van der Waals surface area contributed by atoms with Crippen LogP contribution in [0.1, 0.15) is 5.56 Å². The van der Waals surface area contributed by atoms with Gasteiger partial charge in [0.2, 0.25) is 12.7 Å². The maximum absolute atomic E-state index is 12.6. The van der Waals surface area contributed by atoms with Gasteiger partial charge in [0.25, 0.3) is 5.56 Å². The van der Waals surface area contributed by atoms with Crippen LogP contribution in [0.15, 0.2) is 70.4 Å². The zero-order valence-electron chi connectivity index (χ0n) is 14.8. The monoisotopic (exact) mass is 379 g/mol. The summed E-state index contributed by atoms with van der Waals surface area (Å²) in [5.74, 6) is 0.636. The van der Waals surface area contributed by atoms with Gasteiger partial charge in [-0.2, -0.15) is 0 Å². The number of amides is 1. The fourth-order valence-electron chi connectivity index (χ4n) is 2.92. The van der Waals surface area contributed by atoms with Crippen LogP contribution in [-0.2, 0) is 17.9 Å². The smallest absolute Gasteiger partial charge is 0.331 e. The first-order chi connectivity index (χ1) is 13.6. The summed E-state index contributed by atoms with van der Waals surface area (Å²) in [7, 11) is 0. The van der Waals surface area contributed by atoms with E-state index in [9.17, 15) is 14.4 Å². The van der Waals surface area contributed by atoms with E-state index in [-0.39, 0.29) is 13.3 Å². The summed E-state index contributed by atoms with van der Waals surface area (Å²) in [5.41, 5.74) is 0.329. The first-order valence-electron chi connectivity index (χ1n) is 8.64. The first-order valence-corrected chi connectivity index (χ1v) is 8.64. The number of fused-ring (bicyclic) bond motifs is 1. The van der Waals surface area contributed by atoms with E-state index in [4.69, 9.17) is 9.47 Å². The molecule has 0 saturated heterocycles. The van der Waals surface area contributed by atoms with Gasteiger partial charge >= 0.3 is 5.69 Å². The second-order valence-corrected chi connectivity index (χ2v) is 6.25. The molecular weight excluding hydrogens is 362 g/mol. The Morgan fingerprint density at radius 1 is 1.00 bits per heavy atom. The predicted octanol–water partition coefficient (Wildman–Crippen LogP) is 1.43. The maximum Gasteiger partial charge on any atom is 0.331 e. The molecule has 4 rings (SSSR count). The van der Waals surface area contributed by atoms with Crippen LogP contribution < -0.4 is 26.0 Å². The molecule has 0 saturated carbocycles. The molecule has 0 atom stereocenters. The van der Waals surface area contributed by atoms with Gasteiger partial charge in [0.1, 0.15) is 6.54 Å². The first kappa shape index (κ1) is 17.6. The Hall–Kier alpha value is -3.81. The van der Waals surface area contributed by atoms with E-state index in [0.717, 1.165) is 10.1 Å². The summed E-state index contributed by atoms with van der Waals surface area (Å²) >= 11 is 0. The van der Waals surface area contributed by atoms with Gasteiger partial charge in [-0.3, -0.25) is 18.7 Å². The van der Waals surface area contributed by atoms with Crippen molar-refractivity contribution < 1.29 is 14.3 Å². The van der Waals surface area contributed by atoms with Gasteiger partial charge in [0.15, 0.2) is 11.5 Å². The number of carbonyl (C=O) groups excluding carboxylic acids is 1. The largest absolute Gasteiger partial charge is 0.454 e. The highest BCUT2D eigenvalue weighted by atomic mass is 16.7. The van der Waals surface area contributed by atoms with E-state index < -0.39 is 17.2 Å². The number of hydrogen-bond donors (Lipinski definition) is 1. The molecule has 0 aliphatic carbocycles. The summed E-state index contributed by atoms with van der Waals surface area (Å²) in [4.78, 5) is 37.1. The molecule has 0 radical (unpaired) electrons. The maximum atomic E-state index is 12.6. The van der Waals surface area contributed by atoms with Crippen molar-refractivity contribution in [3.8, 4) is 11.5 Å². The van der Waals surface area contributed by atoms with Crippen molar-refractivity contribution >= 4 is 11.6 Å². The number of anilines is 1. The lowest BCUT2D eigenvalue weighted by atomic mass is 10.2. The summed E-state index contributed by atoms with van der Waals surface area (Å²) in [5, 5.41) is 2.66. The minimum atomic E-state index is -0.544. The van der Waals surface area contributed by atoms with Gasteiger partial charge in [0, 0.05) is 24.0 Å². The van der Waals surface area contributed by atoms with Gasteiger partial charge in [-0.05, 0) is 17.7 Å².